The van der Waals surface area contributed by atoms with Gasteiger partial charge >= 0.3 is 0 Å². The van der Waals surface area contributed by atoms with Crippen molar-refractivity contribution in [2.24, 2.45) is 0 Å². The molecule has 0 saturated carbocycles. The van der Waals surface area contributed by atoms with E-state index in [1.807, 2.05) is 13.0 Å². The first-order chi connectivity index (χ1) is 10.7. The van der Waals surface area contributed by atoms with Gasteiger partial charge in [0, 0.05) is 37.3 Å². The van der Waals surface area contributed by atoms with Crippen LogP contribution in [0.15, 0.2) is 42.5 Å². The Labute approximate surface area is 129 Å². The van der Waals surface area contributed by atoms with Gasteiger partial charge in [-0.15, -0.1) is 0 Å². The Morgan fingerprint density at radius 2 is 1.95 bits per heavy atom. The van der Waals surface area contributed by atoms with Crippen molar-refractivity contribution in [1.29, 1.82) is 0 Å². The van der Waals surface area contributed by atoms with E-state index in [0.717, 1.165) is 42.7 Å². The van der Waals surface area contributed by atoms with Crippen molar-refractivity contribution in [2.45, 2.75) is 19.9 Å². The second kappa shape index (κ2) is 5.25. The zero-order chi connectivity index (χ0) is 15.1. The fourth-order valence-electron chi connectivity index (χ4n) is 3.43. The van der Waals surface area contributed by atoms with Gasteiger partial charge in [0.2, 0.25) is 0 Å². The molecule has 1 N–H and O–H groups in total. The highest BCUT2D eigenvalue weighted by molar-refractivity contribution is 5.87. The number of rotatable bonds is 1. The third kappa shape index (κ3) is 2.22. The third-order valence-corrected chi connectivity index (χ3v) is 4.56. The molecule has 0 bridgehead atoms. The van der Waals surface area contributed by atoms with Crippen molar-refractivity contribution >= 4 is 10.9 Å². The molecular weight excluding hydrogens is 275 g/mol. The van der Waals surface area contributed by atoms with E-state index < -0.39 is 0 Å². The first kappa shape index (κ1) is 13.5. The lowest BCUT2D eigenvalue weighted by molar-refractivity contribution is 0.627. The maximum Gasteiger partial charge on any atom is 0.123 e. The average molecular weight is 294 g/mol. The lowest BCUT2D eigenvalue weighted by atomic mass is 9.99. The van der Waals surface area contributed by atoms with E-state index in [4.69, 9.17) is 0 Å². The molecule has 0 aliphatic carbocycles. The van der Waals surface area contributed by atoms with Crippen molar-refractivity contribution in [2.75, 3.05) is 13.1 Å². The minimum Gasteiger partial charge on any atom is -0.343 e. The number of hydrogen-bond donors (Lipinski definition) is 1. The zero-order valence-corrected chi connectivity index (χ0v) is 12.7. The third-order valence-electron chi connectivity index (χ3n) is 4.56. The number of aryl methyl sites for hydroxylation is 1. The van der Waals surface area contributed by atoms with Crippen molar-refractivity contribution in [3.05, 3.63) is 59.5 Å². The summed E-state index contributed by atoms with van der Waals surface area (Å²) in [6, 6.07) is 13.9. The van der Waals surface area contributed by atoms with Gasteiger partial charge in [-0.1, -0.05) is 18.2 Å². The molecule has 0 saturated heterocycles. The van der Waals surface area contributed by atoms with Crippen molar-refractivity contribution in [1.82, 2.24) is 9.88 Å². The summed E-state index contributed by atoms with van der Waals surface area (Å²) in [5.41, 5.74) is 5.91. The molecule has 4 rings (SSSR count). The lowest BCUT2D eigenvalue weighted by Gasteiger charge is -2.09. The van der Waals surface area contributed by atoms with Crippen LogP contribution in [0, 0.1) is 12.7 Å². The van der Waals surface area contributed by atoms with Gasteiger partial charge in [0.25, 0.3) is 0 Å². The Balaban J connectivity index is 1.88. The number of nitrogens with one attached hydrogen (secondary N) is 1. The number of aromatic nitrogens is 1. The summed E-state index contributed by atoms with van der Waals surface area (Å²) >= 11 is 0. The summed E-state index contributed by atoms with van der Waals surface area (Å²) in [5, 5.41) is 4.74. The number of benzene rings is 2. The molecule has 2 heterocycles. The van der Waals surface area contributed by atoms with Gasteiger partial charge < -0.3 is 9.88 Å². The van der Waals surface area contributed by atoms with Gasteiger partial charge in [0.1, 0.15) is 5.82 Å². The molecule has 2 aromatic carbocycles. The van der Waals surface area contributed by atoms with Crippen LogP contribution in [0.25, 0.3) is 22.0 Å². The fraction of sp³-hybridized carbons (Fsp3) is 0.263. The molecule has 22 heavy (non-hydrogen) atoms. The quantitative estimate of drug-likeness (QED) is 0.720. The smallest absolute Gasteiger partial charge is 0.123 e. The number of hydrogen-bond acceptors (Lipinski definition) is 1. The van der Waals surface area contributed by atoms with Crippen LogP contribution in [0.5, 0.6) is 0 Å². The van der Waals surface area contributed by atoms with E-state index in [1.165, 1.54) is 22.7 Å². The van der Waals surface area contributed by atoms with Gasteiger partial charge in [-0.2, -0.15) is 0 Å². The van der Waals surface area contributed by atoms with E-state index in [-0.39, 0.29) is 5.82 Å². The van der Waals surface area contributed by atoms with Crippen LogP contribution in [0.2, 0.25) is 0 Å². The molecule has 0 unspecified atom stereocenters. The second-order valence-corrected chi connectivity index (χ2v) is 6.02. The molecule has 3 aromatic rings. The molecule has 3 heteroatoms. The zero-order valence-electron chi connectivity index (χ0n) is 12.7. The van der Waals surface area contributed by atoms with E-state index in [1.54, 1.807) is 6.07 Å². The largest absolute Gasteiger partial charge is 0.343 e. The van der Waals surface area contributed by atoms with E-state index in [9.17, 15) is 4.39 Å². The summed E-state index contributed by atoms with van der Waals surface area (Å²) in [4.78, 5) is 0. The van der Waals surface area contributed by atoms with Crippen molar-refractivity contribution in [3.8, 4) is 11.1 Å². The Hall–Kier alpha value is -2.13. The summed E-state index contributed by atoms with van der Waals surface area (Å²) in [7, 11) is 0. The van der Waals surface area contributed by atoms with E-state index >= 15 is 0 Å². The second-order valence-electron chi connectivity index (χ2n) is 6.02. The van der Waals surface area contributed by atoms with Crippen LogP contribution in [0.3, 0.4) is 0 Å². The first-order valence-corrected chi connectivity index (χ1v) is 7.82. The Bertz CT molecular complexity index is 848. The van der Waals surface area contributed by atoms with Crippen LogP contribution >= 0.6 is 0 Å². The van der Waals surface area contributed by atoms with Crippen LogP contribution < -0.4 is 5.32 Å². The Morgan fingerprint density at radius 1 is 1.05 bits per heavy atom. The molecule has 0 spiro atoms. The van der Waals surface area contributed by atoms with Gasteiger partial charge in [-0.25, -0.2) is 4.39 Å². The monoisotopic (exact) mass is 294 g/mol. The van der Waals surface area contributed by atoms with Crippen LogP contribution in [-0.2, 0) is 13.0 Å². The molecule has 2 nitrogen and oxygen atoms in total. The topological polar surface area (TPSA) is 17.0 Å². The molecule has 1 aliphatic heterocycles. The maximum absolute atomic E-state index is 13.3. The maximum atomic E-state index is 13.3. The van der Waals surface area contributed by atoms with Gasteiger partial charge in [0.15, 0.2) is 0 Å². The molecule has 112 valence electrons. The molecule has 1 aromatic heterocycles. The van der Waals surface area contributed by atoms with E-state index in [0.29, 0.717) is 0 Å². The van der Waals surface area contributed by atoms with E-state index in [2.05, 4.69) is 34.1 Å². The first-order valence-electron chi connectivity index (χ1n) is 7.82. The SMILES string of the molecule is Cc1cc(F)ccc1-c1ccc2cc3n(c2c1)CCNCC3. The predicted molar refractivity (Wildman–Crippen MR) is 88.6 cm³/mol. The molecule has 0 amide bonds. The molecular formula is C19H19FN2. The molecule has 0 fully saturated rings. The lowest BCUT2D eigenvalue weighted by Crippen LogP contribution is -2.17. The molecule has 1 aliphatic rings. The highest BCUT2D eigenvalue weighted by Crippen LogP contribution is 2.29. The van der Waals surface area contributed by atoms with Gasteiger partial charge in [-0.3, -0.25) is 0 Å². The number of nitrogens with zero attached hydrogens (tertiary/aromatic N) is 1. The standard InChI is InChI=1S/C19H19FN2/c1-13-10-16(20)4-5-18(13)14-2-3-15-11-17-6-7-21-8-9-22(17)19(15)12-14/h2-5,10-12,21H,6-9H2,1H3. The van der Waals surface area contributed by atoms with Crippen LogP contribution in [-0.4, -0.2) is 17.7 Å². The van der Waals surface area contributed by atoms with Gasteiger partial charge in [-0.05, 0) is 53.3 Å². The fourth-order valence-corrected chi connectivity index (χ4v) is 3.43. The van der Waals surface area contributed by atoms with Crippen molar-refractivity contribution < 1.29 is 4.39 Å². The van der Waals surface area contributed by atoms with Crippen LogP contribution in [0.4, 0.5) is 4.39 Å². The van der Waals surface area contributed by atoms with Gasteiger partial charge in [0.05, 0.1) is 0 Å². The molecule has 0 radical (unpaired) electrons. The number of fused-ring (bicyclic) bond motifs is 3. The highest BCUT2D eigenvalue weighted by atomic mass is 19.1. The highest BCUT2D eigenvalue weighted by Gasteiger charge is 2.13. The Kier molecular flexibility index (Phi) is 3.23. The molecule has 0 atom stereocenters. The van der Waals surface area contributed by atoms with Crippen LogP contribution in [0.1, 0.15) is 11.3 Å². The average Bonchev–Trinajstić information content (AvgIpc) is 2.68. The normalized spacial score (nSPS) is 14.8. The minimum absolute atomic E-state index is 0.176. The summed E-state index contributed by atoms with van der Waals surface area (Å²) in [6.45, 7) is 5.02. The Morgan fingerprint density at radius 3 is 2.82 bits per heavy atom. The predicted octanol–water partition coefficient (Wildman–Crippen LogP) is 3.90. The number of halogens is 1. The minimum atomic E-state index is -0.176. The summed E-state index contributed by atoms with van der Waals surface area (Å²) in [6.07, 6.45) is 1.07. The van der Waals surface area contributed by atoms with Crippen molar-refractivity contribution in [3.63, 3.8) is 0 Å². The summed E-state index contributed by atoms with van der Waals surface area (Å²) < 4.78 is 15.7. The summed E-state index contributed by atoms with van der Waals surface area (Å²) in [5.74, 6) is -0.176.